The number of aromatic nitrogens is 5. The van der Waals surface area contributed by atoms with Gasteiger partial charge in [-0.3, -0.25) is 14.8 Å². The summed E-state index contributed by atoms with van der Waals surface area (Å²) in [4.78, 5) is 25.9. The van der Waals surface area contributed by atoms with Gasteiger partial charge in [0.05, 0.1) is 42.5 Å². The molecule has 1 aliphatic heterocycles. The molecule has 5 rings (SSSR count). The van der Waals surface area contributed by atoms with Gasteiger partial charge in [0.15, 0.2) is 5.82 Å². The van der Waals surface area contributed by atoms with Crippen LogP contribution in [0, 0.1) is 5.82 Å². The van der Waals surface area contributed by atoms with Crippen LogP contribution in [-0.4, -0.2) is 67.8 Å². The van der Waals surface area contributed by atoms with Crippen molar-refractivity contribution >= 4 is 28.4 Å². The number of anilines is 1. The third kappa shape index (κ3) is 3.79. The summed E-state index contributed by atoms with van der Waals surface area (Å²) in [5, 5.41) is 7.31. The van der Waals surface area contributed by atoms with Gasteiger partial charge in [-0.05, 0) is 24.1 Å². The third-order valence-corrected chi connectivity index (χ3v) is 5.81. The van der Waals surface area contributed by atoms with Crippen molar-refractivity contribution in [2.24, 2.45) is 0 Å². The molecule has 11 heteroatoms. The number of nitrogens with one attached hydrogen (secondary N) is 1. The maximum atomic E-state index is 15.1. The number of amides is 1. The molecule has 0 unspecified atom stereocenters. The SMILES string of the molecule is COc1nc(N[C@H]2CCN(C(C)=O)C[C@H]2F)nn2cc(F)c(-c3ccc4nccnc4c3)c12. The summed E-state index contributed by atoms with van der Waals surface area (Å²) in [5.74, 6) is -0.428. The topological polar surface area (TPSA) is 97.5 Å². The van der Waals surface area contributed by atoms with Crippen LogP contribution in [0.1, 0.15) is 13.3 Å². The molecule has 9 nitrogen and oxygen atoms in total. The Kier molecular flexibility index (Phi) is 5.23. The highest BCUT2D eigenvalue weighted by atomic mass is 19.1. The van der Waals surface area contributed by atoms with E-state index in [1.165, 1.54) is 29.6 Å². The quantitative estimate of drug-likeness (QED) is 0.507. The average molecular weight is 453 g/mol. The van der Waals surface area contributed by atoms with Crippen LogP contribution < -0.4 is 10.1 Å². The molecule has 1 amide bonds. The molecule has 1 saturated heterocycles. The molecule has 4 heterocycles. The summed E-state index contributed by atoms with van der Waals surface area (Å²) in [6.07, 6.45) is 3.50. The number of nitrogens with zero attached hydrogens (tertiary/aromatic N) is 6. The molecule has 1 aromatic carbocycles. The summed E-state index contributed by atoms with van der Waals surface area (Å²) < 4.78 is 36.5. The molecule has 0 aliphatic carbocycles. The van der Waals surface area contributed by atoms with E-state index in [2.05, 4.69) is 25.4 Å². The van der Waals surface area contributed by atoms with E-state index >= 15 is 4.39 Å². The number of fused-ring (bicyclic) bond motifs is 2. The Bertz CT molecular complexity index is 1360. The average Bonchev–Trinajstić information content (AvgIpc) is 3.15. The molecular weight excluding hydrogens is 432 g/mol. The number of piperidine rings is 1. The van der Waals surface area contributed by atoms with E-state index < -0.39 is 18.0 Å². The molecule has 0 radical (unpaired) electrons. The molecule has 3 aromatic heterocycles. The van der Waals surface area contributed by atoms with E-state index in [9.17, 15) is 9.18 Å². The Morgan fingerprint density at radius 3 is 2.76 bits per heavy atom. The molecule has 4 aromatic rings. The van der Waals surface area contributed by atoms with Crippen LogP contribution in [0.2, 0.25) is 0 Å². The fourth-order valence-electron chi connectivity index (χ4n) is 4.14. The molecule has 1 fully saturated rings. The number of hydrogen-bond acceptors (Lipinski definition) is 7. The van der Waals surface area contributed by atoms with E-state index in [1.807, 2.05) is 0 Å². The Morgan fingerprint density at radius 2 is 2.03 bits per heavy atom. The van der Waals surface area contributed by atoms with Crippen LogP contribution in [0.4, 0.5) is 14.7 Å². The molecule has 0 spiro atoms. The summed E-state index contributed by atoms with van der Waals surface area (Å²) in [5.41, 5.74) is 2.50. The first-order valence-electron chi connectivity index (χ1n) is 10.4. The van der Waals surface area contributed by atoms with Gasteiger partial charge in [0, 0.05) is 25.9 Å². The molecule has 1 N–H and O–H groups in total. The predicted octanol–water partition coefficient (Wildman–Crippen LogP) is 2.86. The van der Waals surface area contributed by atoms with Crippen molar-refractivity contribution in [2.45, 2.75) is 25.6 Å². The molecule has 2 atom stereocenters. The first kappa shape index (κ1) is 21.0. The minimum absolute atomic E-state index is 0.000465. The number of methoxy groups -OCH3 is 1. The van der Waals surface area contributed by atoms with Crippen molar-refractivity contribution in [3.05, 3.63) is 42.6 Å². The highest BCUT2D eigenvalue weighted by Crippen LogP contribution is 2.35. The van der Waals surface area contributed by atoms with Crippen LogP contribution >= 0.6 is 0 Å². The maximum Gasteiger partial charge on any atom is 0.244 e. The van der Waals surface area contributed by atoms with E-state index in [-0.39, 0.29) is 29.8 Å². The normalized spacial score (nSPS) is 18.6. The maximum absolute atomic E-state index is 15.1. The van der Waals surface area contributed by atoms with Gasteiger partial charge in [-0.15, -0.1) is 5.10 Å². The van der Waals surface area contributed by atoms with Gasteiger partial charge in [0.2, 0.25) is 17.7 Å². The van der Waals surface area contributed by atoms with Gasteiger partial charge in [-0.2, -0.15) is 4.98 Å². The number of hydrogen-bond donors (Lipinski definition) is 1. The molecule has 0 saturated carbocycles. The van der Waals surface area contributed by atoms with E-state index in [0.29, 0.717) is 35.1 Å². The van der Waals surface area contributed by atoms with Crippen molar-refractivity contribution in [2.75, 3.05) is 25.5 Å². The number of benzene rings is 1. The van der Waals surface area contributed by atoms with Crippen molar-refractivity contribution in [1.29, 1.82) is 0 Å². The minimum atomic E-state index is -1.29. The smallest absolute Gasteiger partial charge is 0.244 e. The third-order valence-electron chi connectivity index (χ3n) is 5.81. The number of carbonyl (C=O) groups is 1. The van der Waals surface area contributed by atoms with Crippen LogP contribution in [0.3, 0.4) is 0 Å². The second-order valence-corrected chi connectivity index (χ2v) is 7.87. The Morgan fingerprint density at radius 1 is 1.24 bits per heavy atom. The molecule has 170 valence electrons. The Hall–Kier alpha value is -3.89. The number of halogens is 2. The first-order chi connectivity index (χ1) is 15.9. The van der Waals surface area contributed by atoms with Crippen LogP contribution in [0.5, 0.6) is 5.88 Å². The zero-order valence-corrected chi connectivity index (χ0v) is 18.0. The lowest BCUT2D eigenvalue weighted by molar-refractivity contribution is -0.131. The van der Waals surface area contributed by atoms with E-state index in [4.69, 9.17) is 4.74 Å². The largest absolute Gasteiger partial charge is 0.479 e. The summed E-state index contributed by atoms with van der Waals surface area (Å²) in [7, 11) is 1.43. The van der Waals surface area contributed by atoms with Crippen LogP contribution in [-0.2, 0) is 4.79 Å². The second-order valence-electron chi connectivity index (χ2n) is 7.87. The fourth-order valence-corrected chi connectivity index (χ4v) is 4.14. The number of likely N-dealkylation sites (tertiary alicyclic amines) is 1. The standard InChI is InChI=1S/C22H21F2N7O2/c1-12(32)30-8-5-16(14(23)10-30)27-22-28-21(33-2)20-19(15(24)11-31(20)29-22)13-3-4-17-18(9-13)26-7-6-25-17/h3-4,6-7,9,11,14,16H,5,8,10H2,1-2H3,(H,27,29)/t14-,16+/m1/s1. The highest BCUT2D eigenvalue weighted by Gasteiger charge is 2.31. The first-order valence-corrected chi connectivity index (χ1v) is 10.4. The van der Waals surface area contributed by atoms with Gasteiger partial charge in [0.1, 0.15) is 11.7 Å². The Balaban J connectivity index is 1.51. The predicted molar refractivity (Wildman–Crippen MR) is 117 cm³/mol. The molecular formula is C22H21F2N7O2. The van der Waals surface area contributed by atoms with E-state index in [0.717, 1.165) is 0 Å². The van der Waals surface area contributed by atoms with Crippen molar-refractivity contribution in [3.63, 3.8) is 0 Å². The van der Waals surface area contributed by atoms with Crippen molar-refractivity contribution < 1.29 is 18.3 Å². The number of rotatable bonds is 4. The van der Waals surface area contributed by atoms with Crippen LogP contribution in [0.25, 0.3) is 27.7 Å². The van der Waals surface area contributed by atoms with Gasteiger partial charge < -0.3 is 15.0 Å². The lowest BCUT2D eigenvalue weighted by Crippen LogP contribution is -2.49. The van der Waals surface area contributed by atoms with Gasteiger partial charge in [-0.1, -0.05) is 6.07 Å². The molecule has 0 bridgehead atoms. The monoisotopic (exact) mass is 453 g/mol. The molecule has 33 heavy (non-hydrogen) atoms. The zero-order valence-electron chi connectivity index (χ0n) is 18.0. The van der Waals surface area contributed by atoms with Gasteiger partial charge in [-0.25, -0.2) is 13.3 Å². The number of alkyl halides is 1. The fraction of sp³-hybridized carbons (Fsp3) is 0.318. The van der Waals surface area contributed by atoms with E-state index in [1.54, 1.807) is 30.6 Å². The molecule has 1 aliphatic rings. The highest BCUT2D eigenvalue weighted by molar-refractivity contribution is 5.89. The van der Waals surface area contributed by atoms with Gasteiger partial charge in [0.25, 0.3) is 0 Å². The summed E-state index contributed by atoms with van der Waals surface area (Å²) in [6, 6.07) is 4.67. The summed E-state index contributed by atoms with van der Waals surface area (Å²) in [6.45, 7) is 1.85. The lowest BCUT2D eigenvalue weighted by atomic mass is 10.0. The number of carbonyl (C=O) groups excluding carboxylic acids is 1. The minimum Gasteiger partial charge on any atom is -0.479 e. The summed E-state index contributed by atoms with van der Waals surface area (Å²) >= 11 is 0. The number of ether oxygens (including phenoxy) is 1. The van der Waals surface area contributed by atoms with Crippen LogP contribution in [0.15, 0.2) is 36.8 Å². The lowest BCUT2D eigenvalue weighted by Gasteiger charge is -2.34. The zero-order chi connectivity index (χ0) is 23.1. The van der Waals surface area contributed by atoms with Gasteiger partial charge >= 0.3 is 0 Å². The second kappa shape index (κ2) is 8.23. The Labute approximate surface area is 187 Å². The van der Waals surface area contributed by atoms with Crippen molar-refractivity contribution in [1.82, 2.24) is 29.5 Å². The van der Waals surface area contributed by atoms with Crippen molar-refractivity contribution in [3.8, 4) is 17.0 Å².